The number of imidazole rings is 1. The molecule has 0 aliphatic heterocycles. The molecule has 0 fully saturated rings. The maximum atomic E-state index is 12.1. The second kappa shape index (κ2) is 4.68. The summed E-state index contributed by atoms with van der Waals surface area (Å²) in [5, 5.41) is 5.08. The van der Waals surface area contributed by atoms with Gasteiger partial charge < -0.3 is 4.98 Å². The van der Waals surface area contributed by atoms with Gasteiger partial charge in [0.05, 0.1) is 16.1 Å². The van der Waals surface area contributed by atoms with Crippen molar-refractivity contribution in [2.75, 3.05) is 5.32 Å². The molecule has 6 heteroatoms. The van der Waals surface area contributed by atoms with Gasteiger partial charge in [-0.25, -0.2) is 4.98 Å². The lowest BCUT2D eigenvalue weighted by Crippen LogP contribution is -2.11. The van der Waals surface area contributed by atoms with Crippen molar-refractivity contribution in [1.82, 2.24) is 9.97 Å². The van der Waals surface area contributed by atoms with Crippen molar-refractivity contribution in [2.45, 2.75) is 6.92 Å². The average Bonchev–Trinajstić information content (AvgIpc) is 2.93. The maximum absolute atomic E-state index is 12.1. The summed E-state index contributed by atoms with van der Waals surface area (Å²) < 4.78 is 0. The highest BCUT2D eigenvalue weighted by molar-refractivity contribution is 7.13. The molecule has 0 saturated carbocycles. The molecular formula is C13H10ClN3OS. The van der Waals surface area contributed by atoms with Crippen molar-refractivity contribution in [3.8, 4) is 0 Å². The summed E-state index contributed by atoms with van der Waals surface area (Å²) in [6.45, 7) is 1.87. The maximum Gasteiger partial charge on any atom is 0.269 e. The van der Waals surface area contributed by atoms with Crippen molar-refractivity contribution in [3.05, 3.63) is 45.1 Å². The van der Waals surface area contributed by atoms with Gasteiger partial charge >= 0.3 is 0 Å². The third kappa shape index (κ3) is 2.22. The molecule has 0 bridgehead atoms. The first-order valence-electron chi connectivity index (χ1n) is 5.65. The standard InChI is InChI=1S/C13H10ClN3OS/c1-7-6-19-11(10(7)14)12(18)17-13-15-8-4-2-3-5-9(8)16-13/h2-6H,1H3,(H2,15,16,17,18). The van der Waals surface area contributed by atoms with Crippen molar-refractivity contribution in [3.63, 3.8) is 0 Å². The normalized spacial score (nSPS) is 10.8. The number of hydrogen-bond donors (Lipinski definition) is 2. The number of benzene rings is 1. The van der Waals surface area contributed by atoms with Gasteiger partial charge in [0.2, 0.25) is 5.95 Å². The number of fused-ring (bicyclic) bond motifs is 1. The molecule has 19 heavy (non-hydrogen) atoms. The van der Waals surface area contributed by atoms with E-state index in [0.717, 1.165) is 16.6 Å². The van der Waals surface area contributed by atoms with Crippen LogP contribution >= 0.6 is 22.9 Å². The number of thiophene rings is 1. The van der Waals surface area contributed by atoms with E-state index < -0.39 is 0 Å². The number of para-hydroxylation sites is 2. The summed E-state index contributed by atoms with van der Waals surface area (Å²) in [5.41, 5.74) is 2.60. The lowest BCUT2D eigenvalue weighted by molar-refractivity contribution is 0.103. The summed E-state index contributed by atoms with van der Waals surface area (Å²) in [4.78, 5) is 19.9. The van der Waals surface area contributed by atoms with E-state index in [2.05, 4.69) is 15.3 Å². The second-order valence-corrected chi connectivity index (χ2v) is 5.38. The predicted octanol–water partition coefficient (Wildman–Crippen LogP) is 3.84. The Bertz CT molecular complexity index is 729. The van der Waals surface area contributed by atoms with Crippen LogP contribution in [0.4, 0.5) is 5.95 Å². The minimum absolute atomic E-state index is 0.248. The van der Waals surface area contributed by atoms with Crippen molar-refractivity contribution in [1.29, 1.82) is 0 Å². The van der Waals surface area contributed by atoms with Gasteiger partial charge in [-0.15, -0.1) is 11.3 Å². The van der Waals surface area contributed by atoms with Gasteiger partial charge in [0.15, 0.2) is 0 Å². The molecule has 1 aromatic carbocycles. The third-order valence-corrected chi connectivity index (χ3v) is 4.42. The van der Waals surface area contributed by atoms with Crippen LogP contribution < -0.4 is 5.32 Å². The zero-order valence-corrected chi connectivity index (χ0v) is 11.6. The number of aryl methyl sites for hydroxylation is 1. The van der Waals surface area contributed by atoms with Crippen molar-refractivity contribution < 1.29 is 4.79 Å². The Balaban J connectivity index is 1.88. The first-order chi connectivity index (χ1) is 9.15. The molecule has 2 aromatic heterocycles. The molecule has 0 unspecified atom stereocenters. The Labute approximate surface area is 118 Å². The zero-order valence-electron chi connectivity index (χ0n) is 10.0. The highest BCUT2D eigenvalue weighted by atomic mass is 35.5. The lowest BCUT2D eigenvalue weighted by atomic mass is 10.3. The molecule has 0 atom stereocenters. The summed E-state index contributed by atoms with van der Waals surface area (Å²) in [6, 6.07) is 7.59. The van der Waals surface area contributed by atoms with Crippen molar-refractivity contribution >= 4 is 45.8 Å². The first-order valence-corrected chi connectivity index (χ1v) is 6.90. The first kappa shape index (κ1) is 12.2. The topological polar surface area (TPSA) is 57.8 Å². The molecule has 3 rings (SSSR count). The van der Waals surface area contributed by atoms with Gasteiger partial charge in [-0.3, -0.25) is 10.1 Å². The summed E-state index contributed by atoms with van der Waals surface area (Å²) in [5.74, 6) is 0.176. The van der Waals surface area contributed by atoms with E-state index in [-0.39, 0.29) is 5.91 Å². The van der Waals surface area contributed by atoms with E-state index in [1.807, 2.05) is 36.6 Å². The van der Waals surface area contributed by atoms with Gasteiger partial charge in [0.1, 0.15) is 4.88 Å². The molecule has 0 aliphatic carbocycles. The third-order valence-electron chi connectivity index (χ3n) is 2.73. The Morgan fingerprint density at radius 2 is 2.21 bits per heavy atom. The molecule has 1 amide bonds. The van der Waals surface area contributed by atoms with E-state index >= 15 is 0 Å². The Morgan fingerprint density at radius 3 is 2.89 bits per heavy atom. The van der Waals surface area contributed by atoms with Gasteiger partial charge in [0, 0.05) is 0 Å². The predicted molar refractivity (Wildman–Crippen MR) is 78.1 cm³/mol. The highest BCUT2D eigenvalue weighted by Crippen LogP contribution is 2.27. The van der Waals surface area contributed by atoms with Gasteiger partial charge in [-0.05, 0) is 30.0 Å². The minimum Gasteiger partial charge on any atom is -0.324 e. The summed E-state index contributed by atoms with van der Waals surface area (Å²) in [7, 11) is 0. The van der Waals surface area contributed by atoms with Crippen LogP contribution in [0.25, 0.3) is 11.0 Å². The van der Waals surface area contributed by atoms with E-state index in [0.29, 0.717) is 15.8 Å². The van der Waals surface area contributed by atoms with E-state index in [1.54, 1.807) is 0 Å². The van der Waals surface area contributed by atoms with Crippen LogP contribution in [0.2, 0.25) is 5.02 Å². The molecule has 2 heterocycles. The van der Waals surface area contributed by atoms with E-state index in [4.69, 9.17) is 11.6 Å². The molecule has 0 saturated heterocycles. The zero-order chi connectivity index (χ0) is 13.4. The lowest BCUT2D eigenvalue weighted by Gasteiger charge is -1.99. The number of carbonyl (C=O) groups excluding carboxylic acids is 1. The fraction of sp³-hybridized carbons (Fsp3) is 0.0769. The number of nitrogens with zero attached hydrogens (tertiary/aromatic N) is 1. The van der Waals surface area contributed by atoms with Gasteiger partial charge in [-0.1, -0.05) is 23.7 Å². The number of nitrogens with one attached hydrogen (secondary N) is 2. The monoisotopic (exact) mass is 291 g/mol. The molecule has 2 N–H and O–H groups in total. The van der Waals surface area contributed by atoms with Crippen LogP contribution in [0.5, 0.6) is 0 Å². The van der Waals surface area contributed by atoms with Crippen LogP contribution in [-0.4, -0.2) is 15.9 Å². The average molecular weight is 292 g/mol. The number of halogens is 1. The van der Waals surface area contributed by atoms with Crippen LogP contribution in [0.3, 0.4) is 0 Å². The van der Waals surface area contributed by atoms with Crippen LogP contribution in [0.15, 0.2) is 29.6 Å². The number of aromatic amines is 1. The van der Waals surface area contributed by atoms with E-state index in [1.165, 1.54) is 11.3 Å². The molecule has 4 nitrogen and oxygen atoms in total. The van der Waals surface area contributed by atoms with Crippen LogP contribution in [0, 0.1) is 6.92 Å². The number of anilines is 1. The quantitative estimate of drug-likeness (QED) is 0.754. The fourth-order valence-corrected chi connectivity index (χ4v) is 2.93. The van der Waals surface area contributed by atoms with E-state index in [9.17, 15) is 4.79 Å². The Kier molecular flexibility index (Phi) is 3.00. The number of H-pyrrole nitrogens is 1. The largest absolute Gasteiger partial charge is 0.324 e. The Morgan fingerprint density at radius 1 is 1.42 bits per heavy atom. The number of amides is 1. The van der Waals surface area contributed by atoms with Crippen LogP contribution in [0.1, 0.15) is 15.2 Å². The second-order valence-electron chi connectivity index (χ2n) is 4.12. The molecule has 0 radical (unpaired) electrons. The van der Waals surface area contributed by atoms with Gasteiger partial charge in [-0.2, -0.15) is 0 Å². The SMILES string of the molecule is Cc1csc(C(=O)Nc2nc3ccccc3[nH]2)c1Cl. The molecule has 3 aromatic rings. The summed E-state index contributed by atoms with van der Waals surface area (Å²) >= 11 is 7.39. The number of hydrogen-bond acceptors (Lipinski definition) is 3. The van der Waals surface area contributed by atoms with Crippen molar-refractivity contribution in [2.24, 2.45) is 0 Å². The smallest absolute Gasteiger partial charge is 0.269 e. The minimum atomic E-state index is -0.248. The summed E-state index contributed by atoms with van der Waals surface area (Å²) in [6.07, 6.45) is 0. The number of carbonyl (C=O) groups is 1. The Hall–Kier alpha value is -1.85. The number of rotatable bonds is 2. The van der Waals surface area contributed by atoms with Gasteiger partial charge in [0.25, 0.3) is 5.91 Å². The molecule has 0 spiro atoms. The van der Waals surface area contributed by atoms with Crippen LogP contribution in [-0.2, 0) is 0 Å². The highest BCUT2D eigenvalue weighted by Gasteiger charge is 2.16. The molecule has 0 aliphatic rings. The fourth-order valence-electron chi connectivity index (χ4n) is 1.76. The molecular weight excluding hydrogens is 282 g/mol. The molecule has 96 valence electrons. The number of aromatic nitrogens is 2.